The smallest absolute Gasteiger partial charge is 0.287 e. The van der Waals surface area contributed by atoms with Gasteiger partial charge in [0.05, 0.1) is 5.56 Å². The second-order valence-corrected chi connectivity index (χ2v) is 4.74. The molecule has 1 aromatic carbocycles. The lowest BCUT2D eigenvalue weighted by molar-refractivity contribution is -0.386. The zero-order valence-electron chi connectivity index (χ0n) is 11.6. The van der Waals surface area contributed by atoms with Crippen LogP contribution >= 0.6 is 0 Å². The lowest BCUT2D eigenvalue weighted by Gasteiger charge is -2.33. The summed E-state index contributed by atoms with van der Waals surface area (Å²) in [4.78, 5) is 11.3. The van der Waals surface area contributed by atoms with Crippen molar-refractivity contribution in [2.75, 3.05) is 0 Å². The van der Waals surface area contributed by atoms with E-state index in [2.05, 4.69) is 0 Å². The monoisotopic (exact) mass is 410 g/mol. The van der Waals surface area contributed by atoms with Crippen molar-refractivity contribution in [3.05, 3.63) is 35.1 Å². The Labute approximate surface area is 134 Å². The molecule has 0 unspecified atom stereocenters. The summed E-state index contributed by atoms with van der Waals surface area (Å²) in [6.07, 6.45) is -13.0. The van der Waals surface area contributed by atoms with Gasteiger partial charge in [0, 0.05) is 5.56 Å². The number of carbonyl (C=O) groups is 1. The van der Waals surface area contributed by atoms with Gasteiger partial charge in [-0.05, 0) is 18.2 Å². The third-order valence-electron chi connectivity index (χ3n) is 2.96. The number of Topliss-reactive ketones (excluding diaryl/α,β-unsaturated/α-hetero) is 1. The van der Waals surface area contributed by atoms with E-state index in [9.17, 15) is 61.9 Å². The molecular formula is C12H3F13O. The molecule has 0 fully saturated rings. The Morgan fingerprint density at radius 3 is 1.58 bits per heavy atom. The highest BCUT2D eigenvalue weighted by atomic mass is 19.4. The minimum atomic E-state index is -7.46. The van der Waals surface area contributed by atoms with Gasteiger partial charge in [0.25, 0.3) is 0 Å². The van der Waals surface area contributed by atoms with Gasteiger partial charge in [-0.15, -0.1) is 0 Å². The highest BCUT2D eigenvalue weighted by Gasteiger charge is 2.83. The molecule has 14 heteroatoms. The van der Waals surface area contributed by atoms with Crippen LogP contribution in [-0.2, 0) is 6.18 Å². The highest BCUT2D eigenvalue weighted by molar-refractivity contribution is 6.03. The molecule has 0 heterocycles. The van der Waals surface area contributed by atoms with Gasteiger partial charge in [0.2, 0.25) is 5.78 Å². The van der Waals surface area contributed by atoms with Crippen LogP contribution in [0.25, 0.3) is 0 Å². The van der Waals surface area contributed by atoms with Crippen molar-refractivity contribution in [1.82, 2.24) is 0 Å². The number of benzene rings is 1. The van der Waals surface area contributed by atoms with Gasteiger partial charge in [0.1, 0.15) is 5.82 Å². The summed E-state index contributed by atoms with van der Waals surface area (Å²) in [6, 6.07) is -1.07. The lowest BCUT2D eigenvalue weighted by atomic mass is 9.92. The van der Waals surface area contributed by atoms with Crippen molar-refractivity contribution in [3.63, 3.8) is 0 Å². The first-order valence-electron chi connectivity index (χ1n) is 5.90. The molecule has 26 heavy (non-hydrogen) atoms. The van der Waals surface area contributed by atoms with Crippen LogP contribution in [0.3, 0.4) is 0 Å². The predicted molar refractivity (Wildman–Crippen MR) is 56.6 cm³/mol. The van der Waals surface area contributed by atoms with Gasteiger partial charge in [-0.25, -0.2) is 4.39 Å². The van der Waals surface area contributed by atoms with Crippen molar-refractivity contribution in [2.24, 2.45) is 0 Å². The summed E-state index contributed by atoms with van der Waals surface area (Å²) in [5.74, 6) is -27.3. The zero-order chi connectivity index (χ0) is 20.9. The van der Waals surface area contributed by atoms with Gasteiger partial charge in [0.15, 0.2) is 0 Å². The molecule has 0 saturated heterocycles. The Hall–Kier alpha value is -2.02. The van der Waals surface area contributed by atoms with E-state index in [-0.39, 0.29) is 6.07 Å². The minimum absolute atomic E-state index is 0.0847. The number of halogens is 13. The molecule has 0 atom stereocenters. The Bertz CT molecular complexity index is 698. The van der Waals surface area contributed by atoms with Gasteiger partial charge in [-0.2, -0.15) is 52.7 Å². The molecule has 0 amide bonds. The zero-order valence-corrected chi connectivity index (χ0v) is 11.6. The first-order chi connectivity index (χ1) is 11.3. The quantitative estimate of drug-likeness (QED) is 0.474. The molecule has 0 aliphatic rings. The van der Waals surface area contributed by atoms with Crippen LogP contribution < -0.4 is 0 Å². The standard InChI is InChI=1S/C12H3F13O/c13-4-1-2-5(6(3-4)9(16,17)18)7(26)8(14,15)10(19,20)11(21,22)12(23,24)25/h1-3H. The van der Waals surface area contributed by atoms with Crippen molar-refractivity contribution in [2.45, 2.75) is 30.1 Å². The third kappa shape index (κ3) is 3.32. The molecule has 0 bridgehead atoms. The summed E-state index contributed by atoms with van der Waals surface area (Å²) < 4.78 is 165. The average molecular weight is 410 g/mol. The Morgan fingerprint density at radius 2 is 1.19 bits per heavy atom. The Kier molecular flexibility index (Phi) is 5.09. The number of hydrogen-bond acceptors (Lipinski definition) is 1. The van der Waals surface area contributed by atoms with Crippen LogP contribution in [0.15, 0.2) is 18.2 Å². The van der Waals surface area contributed by atoms with Crippen molar-refractivity contribution in [3.8, 4) is 0 Å². The number of rotatable bonds is 4. The number of alkyl halides is 12. The molecule has 1 rings (SSSR count). The lowest BCUT2D eigenvalue weighted by Crippen LogP contribution is -2.63. The average Bonchev–Trinajstić information content (AvgIpc) is 2.43. The van der Waals surface area contributed by atoms with Crippen LogP contribution in [0, 0.1) is 5.82 Å². The number of hydrogen-bond donors (Lipinski definition) is 0. The normalized spacial score (nSPS) is 14.5. The van der Waals surface area contributed by atoms with Gasteiger partial charge >= 0.3 is 30.1 Å². The van der Waals surface area contributed by atoms with Crippen LogP contribution in [0.4, 0.5) is 57.1 Å². The Balaban J connectivity index is 3.59. The van der Waals surface area contributed by atoms with Crippen LogP contribution in [-0.4, -0.2) is 29.7 Å². The molecule has 0 aromatic heterocycles. The molecule has 1 aromatic rings. The summed E-state index contributed by atoms with van der Waals surface area (Å²) in [5.41, 5.74) is -4.98. The summed E-state index contributed by atoms with van der Waals surface area (Å²) >= 11 is 0. The van der Waals surface area contributed by atoms with E-state index in [0.717, 1.165) is 0 Å². The van der Waals surface area contributed by atoms with Gasteiger partial charge < -0.3 is 0 Å². The van der Waals surface area contributed by atoms with Crippen LogP contribution in [0.2, 0.25) is 0 Å². The maximum atomic E-state index is 13.4. The molecule has 0 aliphatic heterocycles. The van der Waals surface area contributed by atoms with Gasteiger partial charge in [-0.3, -0.25) is 4.79 Å². The van der Waals surface area contributed by atoms with E-state index >= 15 is 0 Å². The van der Waals surface area contributed by atoms with Crippen LogP contribution in [0.5, 0.6) is 0 Å². The predicted octanol–water partition coefficient (Wildman–Crippen LogP) is 5.50. The number of carbonyl (C=O) groups excluding carboxylic acids is 1. The van der Waals surface area contributed by atoms with Gasteiger partial charge in [-0.1, -0.05) is 0 Å². The SMILES string of the molecule is O=C(c1ccc(F)cc1C(F)(F)F)C(F)(F)C(F)(F)C(F)(F)C(F)(F)F. The van der Waals surface area contributed by atoms with E-state index in [1.807, 2.05) is 0 Å². The molecule has 0 aliphatic carbocycles. The fraction of sp³-hybridized carbons (Fsp3) is 0.417. The fourth-order valence-corrected chi connectivity index (χ4v) is 1.64. The van der Waals surface area contributed by atoms with E-state index in [0.29, 0.717) is 0 Å². The molecule has 0 saturated carbocycles. The summed E-state index contributed by atoms with van der Waals surface area (Å²) in [5, 5.41) is 0. The molecule has 148 valence electrons. The molecule has 0 N–H and O–H groups in total. The first-order valence-corrected chi connectivity index (χ1v) is 5.90. The van der Waals surface area contributed by atoms with E-state index in [1.165, 1.54) is 0 Å². The molecule has 0 radical (unpaired) electrons. The summed E-state index contributed by atoms with van der Waals surface area (Å²) in [6.45, 7) is 0. The minimum Gasteiger partial charge on any atom is -0.287 e. The molecular weight excluding hydrogens is 407 g/mol. The van der Waals surface area contributed by atoms with Crippen molar-refractivity contribution in [1.29, 1.82) is 0 Å². The largest absolute Gasteiger partial charge is 0.460 e. The molecule has 1 nitrogen and oxygen atoms in total. The van der Waals surface area contributed by atoms with E-state index in [4.69, 9.17) is 0 Å². The van der Waals surface area contributed by atoms with Crippen LogP contribution in [0.1, 0.15) is 15.9 Å². The number of ketones is 1. The second-order valence-electron chi connectivity index (χ2n) is 4.74. The third-order valence-corrected chi connectivity index (χ3v) is 2.96. The first kappa shape index (κ1) is 22.0. The van der Waals surface area contributed by atoms with Crippen molar-refractivity contribution >= 4 is 5.78 Å². The van der Waals surface area contributed by atoms with E-state index < -0.39 is 65.0 Å². The summed E-state index contributed by atoms with van der Waals surface area (Å²) in [7, 11) is 0. The maximum Gasteiger partial charge on any atom is 0.460 e. The fourth-order valence-electron chi connectivity index (χ4n) is 1.64. The Morgan fingerprint density at radius 1 is 0.731 bits per heavy atom. The van der Waals surface area contributed by atoms with Crippen molar-refractivity contribution < 1.29 is 61.9 Å². The second kappa shape index (κ2) is 6.01. The molecule has 0 spiro atoms. The maximum absolute atomic E-state index is 13.4. The highest BCUT2D eigenvalue weighted by Crippen LogP contribution is 2.54. The topological polar surface area (TPSA) is 17.1 Å². The van der Waals surface area contributed by atoms with E-state index in [1.54, 1.807) is 0 Å².